The summed E-state index contributed by atoms with van der Waals surface area (Å²) >= 11 is 0. The second kappa shape index (κ2) is 8.38. The first-order valence-corrected chi connectivity index (χ1v) is 9.88. The van der Waals surface area contributed by atoms with E-state index in [4.69, 9.17) is 14.2 Å². The molecule has 1 aliphatic heterocycles. The van der Waals surface area contributed by atoms with Gasteiger partial charge in [0.1, 0.15) is 6.10 Å². The Morgan fingerprint density at radius 1 is 1.17 bits per heavy atom. The number of carbonyl (C=O) groups is 1. The van der Waals surface area contributed by atoms with Crippen molar-refractivity contribution in [2.75, 3.05) is 34.0 Å². The number of carbonyl (C=O) groups excluding carboxylic acids is 1. The summed E-state index contributed by atoms with van der Waals surface area (Å²) in [5.74, 6) is 1.08. The summed E-state index contributed by atoms with van der Waals surface area (Å²) < 4.78 is 18.5. The average molecular weight is 410 g/mol. The van der Waals surface area contributed by atoms with Gasteiger partial charge in [0.15, 0.2) is 11.5 Å². The molecule has 0 saturated carbocycles. The highest BCUT2D eigenvalue weighted by Crippen LogP contribution is 2.37. The Balaban J connectivity index is 1.78. The molecule has 2 aromatic carbocycles. The van der Waals surface area contributed by atoms with E-state index in [1.165, 1.54) is 0 Å². The van der Waals surface area contributed by atoms with Gasteiger partial charge in [-0.25, -0.2) is 0 Å². The van der Waals surface area contributed by atoms with Gasteiger partial charge in [-0.2, -0.15) is 0 Å². The fourth-order valence-corrected chi connectivity index (χ4v) is 4.21. The molecule has 1 fully saturated rings. The first kappa shape index (κ1) is 20.3. The van der Waals surface area contributed by atoms with E-state index >= 15 is 0 Å². The maximum Gasteiger partial charge on any atom is 0.256 e. The Hall–Kier alpha value is -3.03. The van der Waals surface area contributed by atoms with Crippen LogP contribution in [0, 0.1) is 0 Å². The van der Waals surface area contributed by atoms with Gasteiger partial charge in [-0.3, -0.25) is 4.79 Å². The van der Waals surface area contributed by atoms with Crippen LogP contribution in [0.25, 0.3) is 10.9 Å². The number of methoxy groups -OCH3 is 2. The lowest BCUT2D eigenvalue weighted by Gasteiger charge is -2.41. The van der Waals surface area contributed by atoms with Crippen molar-refractivity contribution in [3.8, 4) is 11.5 Å². The lowest BCUT2D eigenvalue weighted by Crippen LogP contribution is -2.49. The van der Waals surface area contributed by atoms with E-state index in [1.54, 1.807) is 25.2 Å². The number of hydrogen-bond donors (Lipinski definition) is 1. The zero-order chi connectivity index (χ0) is 21.3. The van der Waals surface area contributed by atoms with Crippen LogP contribution in [0.5, 0.6) is 11.5 Å². The quantitative estimate of drug-likeness (QED) is 0.700. The zero-order valence-electron chi connectivity index (χ0n) is 17.4. The number of fused-ring (bicyclic) bond motifs is 1. The normalized spacial score (nSPS) is 19.1. The fourth-order valence-electron chi connectivity index (χ4n) is 4.21. The number of aliphatic hydroxyl groups excluding tert-OH is 1. The van der Waals surface area contributed by atoms with Gasteiger partial charge < -0.3 is 28.8 Å². The lowest BCUT2D eigenvalue weighted by atomic mass is 9.96. The minimum Gasteiger partial charge on any atom is -0.493 e. The average Bonchev–Trinajstić information content (AvgIpc) is 3.14. The molecule has 30 heavy (non-hydrogen) atoms. The van der Waals surface area contributed by atoms with E-state index in [9.17, 15) is 9.90 Å². The topological polar surface area (TPSA) is 73.2 Å². The number of hydrogen-bond acceptors (Lipinski definition) is 5. The standard InChI is InChI=1S/C23H26N2O5/c1-24-13-17(16-6-4-5-7-18(16)24)23(27)25-10-11-30-21(14-26)22(25)15-8-9-19(28-2)20(12-15)29-3/h4-9,12-13,21-22,26H,10-11,14H2,1-3H3/t21-,22-/m0/s1. The number of aliphatic hydroxyl groups is 1. The molecule has 7 heteroatoms. The monoisotopic (exact) mass is 410 g/mol. The Morgan fingerprint density at radius 3 is 2.67 bits per heavy atom. The molecule has 1 N–H and O–H groups in total. The molecular formula is C23H26N2O5. The summed E-state index contributed by atoms with van der Waals surface area (Å²) in [5.41, 5.74) is 2.45. The molecule has 7 nitrogen and oxygen atoms in total. The third kappa shape index (κ3) is 3.40. The predicted octanol–water partition coefficient (Wildman–Crippen LogP) is 2.77. The number of benzene rings is 2. The molecule has 158 valence electrons. The highest BCUT2D eigenvalue weighted by molar-refractivity contribution is 6.07. The van der Waals surface area contributed by atoms with Crippen LogP contribution in [0.2, 0.25) is 0 Å². The van der Waals surface area contributed by atoms with Gasteiger partial charge in [-0.05, 0) is 23.8 Å². The number of aromatic nitrogens is 1. The molecule has 1 amide bonds. The molecule has 2 atom stereocenters. The number of ether oxygens (including phenoxy) is 3. The van der Waals surface area contributed by atoms with Gasteiger partial charge in [-0.1, -0.05) is 24.3 Å². The van der Waals surface area contributed by atoms with Crippen LogP contribution in [0.15, 0.2) is 48.7 Å². The molecule has 1 saturated heterocycles. The Morgan fingerprint density at radius 2 is 1.93 bits per heavy atom. The molecular weight excluding hydrogens is 384 g/mol. The fraction of sp³-hybridized carbons (Fsp3) is 0.348. The number of morpholine rings is 1. The van der Waals surface area contributed by atoms with Crippen LogP contribution < -0.4 is 9.47 Å². The maximum atomic E-state index is 13.7. The van der Waals surface area contributed by atoms with Crippen molar-refractivity contribution in [1.29, 1.82) is 0 Å². The van der Waals surface area contributed by atoms with E-state index in [0.717, 1.165) is 16.5 Å². The summed E-state index contributed by atoms with van der Waals surface area (Å²) in [5, 5.41) is 10.9. The lowest BCUT2D eigenvalue weighted by molar-refractivity contribution is -0.0811. The zero-order valence-corrected chi connectivity index (χ0v) is 17.4. The third-order valence-electron chi connectivity index (χ3n) is 5.67. The van der Waals surface area contributed by atoms with Crippen molar-refractivity contribution in [3.05, 3.63) is 59.8 Å². The molecule has 4 rings (SSSR count). The smallest absolute Gasteiger partial charge is 0.256 e. The van der Waals surface area contributed by atoms with Crippen LogP contribution in [0.4, 0.5) is 0 Å². The SMILES string of the molecule is COc1ccc([C@H]2[C@H](CO)OCCN2C(=O)c2cn(C)c3ccccc23)cc1OC. The van der Waals surface area contributed by atoms with E-state index < -0.39 is 12.1 Å². The number of nitrogens with zero attached hydrogens (tertiary/aromatic N) is 2. The van der Waals surface area contributed by atoms with Crippen LogP contribution in [0.1, 0.15) is 22.0 Å². The van der Waals surface area contributed by atoms with E-state index in [1.807, 2.05) is 54.2 Å². The minimum atomic E-state index is -0.532. The molecule has 0 radical (unpaired) electrons. The number of amides is 1. The second-order valence-electron chi connectivity index (χ2n) is 7.32. The summed E-state index contributed by atoms with van der Waals surface area (Å²) in [4.78, 5) is 15.5. The van der Waals surface area contributed by atoms with Gasteiger partial charge in [0.25, 0.3) is 5.91 Å². The molecule has 0 unspecified atom stereocenters. The summed E-state index contributed by atoms with van der Waals surface area (Å²) in [6.07, 6.45) is 1.33. The Kier molecular flexibility index (Phi) is 5.65. The van der Waals surface area contributed by atoms with Gasteiger partial charge in [0.05, 0.1) is 39.0 Å². The van der Waals surface area contributed by atoms with Gasteiger partial charge in [0.2, 0.25) is 0 Å². The van der Waals surface area contributed by atoms with Gasteiger partial charge in [0, 0.05) is 30.7 Å². The molecule has 1 aromatic heterocycles. The maximum absolute atomic E-state index is 13.7. The van der Waals surface area contributed by atoms with Crippen LogP contribution in [0.3, 0.4) is 0 Å². The molecule has 3 aromatic rings. The number of rotatable bonds is 5. The highest BCUT2D eigenvalue weighted by atomic mass is 16.5. The summed E-state index contributed by atoms with van der Waals surface area (Å²) in [6, 6.07) is 12.9. The van der Waals surface area contributed by atoms with Crippen molar-refractivity contribution in [2.45, 2.75) is 12.1 Å². The van der Waals surface area contributed by atoms with Crippen molar-refractivity contribution in [2.24, 2.45) is 7.05 Å². The molecule has 0 spiro atoms. The van der Waals surface area contributed by atoms with Crippen LogP contribution in [-0.4, -0.2) is 60.6 Å². The van der Waals surface area contributed by atoms with Crippen LogP contribution in [-0.2, 0) is 11.8 Å². The third-order valence-corrected chi connectivity index (χ3v) is 5.67. The van der Waals surface area contributed by atoms with Crippen molar-refractivity contribution >= 4 is 16.8 Å². The largest absolute Gasteiger partial charge is 0.493 e. The second-order valence-corrected chi connectivity index (χ2v) is 7.32. The number of para-hydroxylation sites is 1. The van der Waals surface area contributed by atoms with Crippen molar-refractivity contribution in [3.63, 3.8) is 0 Å². The first-order valence-electron chi connectivity index (χ1n) is 9.88. The van der Waals surface area contributed by atoms with E-state index in [0.29, 0.717) is 30.2 Å². The highest BCUT2D eigenvalue weighted by Gasteiger charge is 2.37. The molecule has 1 aliphatic rings. The predicted molar refractivity (Wildman–Crippen MR) is 113 cm³/mol. The summed E-state index contributed by atoms with van der Waals surface area (Å²) in [7, 11) is 5.08. The Labute approximate surface area is 175 Å². The van der Waals surface area contributed by atoms with E-state index in [-0.39, 0.29) is 12.5 Å². The Bertz CT molecular complexity index is 1060. The summed E-state index contributed by atoms with van der Waals surface area (Å²) in [6.45, 7) is 0.599. The molecule has 0 bridgehead atoms. The van der Waals surface area contributed by atoms with Crippen molar-refractivity contribution in [1.82, 2.24) is 9.47 Å². The van der Waals surface area contributed by atoms with Gasteiger partial charge >= 0.3 is 0 Å². The van der Waals surface area contributed by atoms with Gasteiger partial charge in [-0.15, -0.1) is 0 Å². The van der Waals surface area contributed by atoms with Crippen molar-refractivity contribution < 1.29 is 24.1 Å². The minimum absolute atomic E-state index is 0.0895. The number of aryl methyl sites for hydroxylation is 1. The molecule has 2 heterocycles. The molecule has 0 aliphatic carbocycles. The van der Waals surface area contributed by atoms with Crippen LogP contribution >= 0.6 is 0 Å². The first-order chi connectivity index (χ1) is 14.6. The van der Waals surface area contributed by atoms with E-state index in [2.05, 4.69) is 0 Å².